The highest BCUT2D eigenvalue weighted by molar-refractivity contribution is 4.95. The predicted octanol–water partition coefficient (Wildman–Crippen LogP) is 2.42. The third-order valence-electron chi connectivity index (χ3n) is 4.55. The quantitative estimate of drug-likeness (QED) is 0.780. The highest BCUT2D eigenvalue weighted by Gasteiger charge is 2.42. The lowest BCUT2D eigenvalue weighted by molar-refractivity contribution is -0.148. The average Bonchev–Trinajstić information content (AvgIpc) is 3.15. The number of hydrogen-bond donors (Lipinski definition) is 1. The zero-order valence-corrected chi connectivity index (χ0v) is 12.1. The lowest BCUT2D eigenvalue weighted by Gasteiger charge is -2.33. The molecule has 0 aromatic heterocycles. The van der Waals surface area contributed by atoms with Gasteiger partial charge in [0.05, 0.1) is 6.54 Å². The molecule has 0 bridgehead atoms. The van der Waals surface area contributed by atoms with E-state index in [2.05, 4.69) is 5.32 Å². The number of halogens is 3. The number of hydrogen-bond acceptors (Lipinski definition) is 3. The molecule has 0 aromatic carbocycles. The molecular weight excluding hydrogens is 269 g/mol. The number of methoxy groups -OCH3 is 1. The molecule has 0 radical (unpaired) electrons. The second kappa shape index (κ2) is 6.62. The molecule has 2 aliphatic rings. The maximum absolute atomic E-state index is 12.3. The SMILES string of the molecule is COCCC1(CNC2CCN(CC(F)(F)F)CC2)CC1. The number of nitrogens with zero attached hydrogens (tertiary/aromatic N) is 1. The number of ether oxygens (including phenoxy) is 1. The van der Waals surface area contributed by atoms with E-state index in [0.29, 0.717) is 24.5 Å². The lowest BCUT2D eigenvalue weighted by atomic mass is 10.00. The van der Waals surface area contributed by atoms with Crippen molar-refractivity contribution in [2.75, 3.05) is 39.9 Å². The summed E-state index contributed by atoms with van der Waals surface area (Å²) in [4.78, 5) is 1.51. The fraction of sp³-hybridized carbons (Fsp3) is 1.00. The van der Waals surface area contributed by atoms with E-state index in [-0.39, 0.29) is 0 Å². The summed E-state index contributed by atoms with van der Waals surface area (Å²) in [5, 5.41) is 3.55. The fourth-order valence-electron chi connectivity index (χ4n) is 2.92. The summed E-state index contributed by atoms with van der Waals surface area (Å²) in [6.45, 7) is 2.11. The van der Waals surface area contributed by atoms with Crippen LogP contribution >= 0.6 is 0 Å². The molecule has 1 saturated carbocycles. The Morgan fingerprint density at radius 3 is 2.40 bits per heavy atom. The Kier molecular flexibility index (Phi) is 5.31. The first-order chi connectivity index (χ1) is 9.42. The van der Waals surface area contributed by atoms with Crippen LogP contribution in [0.15, 0.2) is 0 Å². The molecule has 0 spiro atoms. The average molecular weight is 294 g/mol. The first-order valence-corrected chi connectivity index (χ1v) is 7.44. The number of likely N-dealkylation sites (tertiary alicyclic amines) is 1. The third-order valence-corrected chi connectivity index (χ3v) is 4.55. The number of piperidine rings is 1. The zero-order valence-electron chi connectivity index (χ0n) is 12.1. The molecule has 1 heterocycles. The van der Waals surface area contributed by atoms with Crippen molar-refractivity contribution in [3.63, 3.8) is 0 Å². The van der Waals surface area contributed by atoms with Crippen LogP contribution in [0.5, 0.6) is 0 Å². The lowest BCUT2D eigenvalue weighted by Crippen LogP contribution is -2.46. The second-order valence-electron chi connectivity index (χ2n) is 6.29. The van der Waals surface area contributed by atoms with Crippen molar-refractivity contribution in [2.24, 2.45) is 5.41 Å². The normalized spacial score (nSPS) is 24.0. The minimum Gasteiger partial charge on any atom is -0.385 e. The molecule has 1 N–H and O–H groups in total. The van der Waals surface area contributed by atoms with Crippen molar-refractivity contribution in [2.45, 2.75) is 44.3 Å². The molecule has 0 aromatic rings. The van der Waals surface area contributed by atoms with Crippen molar-refractivity contribution >= 4 is 0 Å². The Hall–Kier alpha value is -0.330. The van der Waals surface area contributed by atoms with Gasteiger partial charge in [-0.2, -0.15) is 13.2 Å². The van der Waals surface area contributed by atoms with Crippen LogP contribution < -0.4 is 5.32 Å². The van der Waals surface area contributed by atoms with Crippen molar-refractivity contribution in [3.05, 3.63) is 0 Å². The maximum Gasteiger partial charge on any atom is 0.401 e. The van der Waals surface area contributed by atoms with Crippen LogP contribution in [0, 0.1) is 5.41 Å². The van der Waals surface area contributed by atoms with Gasteiger partial charge in [-0.15, -0.1) is 0 Å². The Balaban J connectivity index is 1.62. The summed E-state index contributed by atoms with van der Waals surface area (Å²) < 4.78 is 42.0. The fourth-order valence-corrected chi connectivity index (χ4v) is 2.92. The monoisotopic (exact) mass is 294 g/mol. The van der Waals surface area contributed by atoms with E-state index < -0.39 is 12.7 Å². The molecule has 118 valence electrons. The number of alkyl halides is 3. The molecule has 20 heavy (non-hydrogen) atoms. The van der Waals surface area contributed by atoms with Gasteiger partial charge in [0.15, 0.2) is 0 Å². The van der Waals surface area contributed by atoms with E-state index in [0.717, 1.165) is 32.4 Å². The van der Waals surface area contributed by atoms with E-state index in [9.17, 15) is 13.2 Å². The van der Waals surface area contributed by atoms with Crippen molar-refractivity contribution in [3.8, 4) is 0 Å². The summed E-state index contributed by atoms with van der Waals surface area (Å²) in [6, 6.07) is 0.375. The van der Waals surface area contributed by atoms with E-state index in [1.165, 1.54) is 17.7 Å². The Labute approximate surface area is 118 Å². The van der Waals surface area contributed by atoms with E-state index in [1.54, 1.807) is 7.11 Å². The Morgan fingerprint density at radius 1 is 1.25 bits per heavy atom. The Morgan fingerprint density at radius 2 is 1.90 bits per heavy atom. The highest BCUT2D eigenvalue weighted by atomic mass is 19.4. The standard InChI is InChI=1S/C14H25F3N2O/c1-20-9-6-13(4-5-13)10-18-12-2-7-19(8-3-12)11-14(15,16)17/h12,18H,2-11H2,1H3. The van der Waals surface area contributed by atoms with Gasteiger partial charge < -0.3 is 10.1 Å². The summed E-state index contributed by atoms with van der Waals surface area (Å²) >= 11 is 0. The topological polar surface area (TPSA) is 24.5 Å². The van der Waals surface area contributed by atoms with Gasteiger partial charge in [0.25, 0.3) is 0 Å². The van der Waals surface area contributed by atoms with E-state index >= 15 is 0 Å². The predicted molar refractivity (Wildman–Crippen MR) is 71.7 cm³/mol. The summed E-state index contributed by atoms with van der Waals surface area (Å²) in [6.07, 6.45) is 1.14. The van der Waals surface area contributed by atoms with Gasteiger partial charge in [-0.05, 0) is 50.6 Å². The summed E-state index contributed by atoms with van der Waals surface area (Å²) in [5.41, 5.74) is 0.402. The van der Waals surface area contributed by atoms with Gasteiger partial charge in [-0.25, -0.2) is 0 Å². The smallest absolute Gasteiger partial charge is 0.385 e. The second-order valence-corrected chi connectivity index (χ2v) is 6.29. The van der Waals surface area contributed by atoms with Gasteiger partial charge in [0.1, 0.15) is 0 Å². The van der Waals surface area contributed by atoms with E-state index in [4.69, 9.17) is 4.74 Å². The van der Waals surface area contributed by atoms with Crippen LogP contribution in [0.25, 0.3) is 0 Å². The van der Waals surface area contributed by atoms with Crippen LogP contribution in [0.1, 0.15) is 32.1 Å². The molecule has 1 aliphatic heterocycles. The summed E-state index contributed by atoms with van der Waals surface area (Å²) in [7, 11) is 1.72. The van der Waals surface area contributed by atoms with E-state index in [1.807, 2.05) is 0 Å². The molecule has 2 rings (SSSR count). The molecule has 0 atom stereocenters. The van der Waals surface area contributed by atoms with Crippen LogP contribution in [0.3, 0.4) is 0 Å². The number of nitrogens with one attached hydrogen (secondary N) is 1. The maximum atomic E-state index is 12.3. The van der Waals surface area contributed by atoms with Gasteiger partial charge in [0, 0.05) is 26.3 Å². The molecule has 3 nitrogen and oxygen atoms in total. The molecule has 0 amide bonds. The first kappa shape index (κ1) is 16.0. The van der Waals surface area contributed by atoms with Crippen LogP contribution in [0.2, 0.25) is 0 Å². The molecule has 0 unspecified atom stereocenters. The van der Waals surface area contributed by atoms with Crippen LogP contribution in [-0.2, 0) is 4.74 Å². The van der Waals surface area contributed by atoms with Crippen molar-refractivity contribution in [1.29, 1.82) is 0 Å². The molecule has 1 saturated heterocycles. The molecule has 1 aliphatic carbocycles. The summed E-state index contributed by atoms with van der Waals surface area (Å²) in [5.74, 6) is 0. The van der Waals surface area contributed by atoms with Crippen LogP contribution in [-0.4, -0.2) is 57.0 Å². The van der Waals surface area contributed by atoms with Crippen LogP contribution in [0.4, 0.5) is 13.2 Å². The Bertz CT molecular complexity index is 297. The highest BCUT2D eigenvalue weighted by Crippen LogP contribution is 2.48. The first-order valence-electron chi connectivity index (χ1n) is 7.44. The molecule has 6 heteroatoms. The molecular formula is C14H25F3N2O. The minimum atomic E-state index is -4.07. The van der Waals surface area contributed by atoms with Gasteiger partial charge in [0.2, 0.25) is 0 Å². The molecule has 2 fully saturated rings. The largest absolute Gasteiger partial charge is 0.401 e. The van der Waals surface area contributed by atoms with Gasteiger partial charge >= 0.3 is 6.18 Å². The van der Waals surface area contributed by atoms with Crippen molar-refractivity contribution < 1.29 is 17.9 Å². The third kappa shape index (κ3) is 5.22. The van der Waals surface area contributed by atoms with Gasteiger partial charge in [-0.3, -0.25) is 4.90 Å². The minimum absolute atomic E-state index is 0.375. The number of rotatable bonds is 7. The zero-order chi connectivity index (χ0) is 14.6. The van der Waals surface area contributed by atoms with Crippen molar-refractivity contribution in [1.82, 2.24) is 10.2 Å². The van der Waals surface area contributed by atoms with Gasteiger partial charge in [-0.1, -0.05) is 0 Å².